The quantitative estimate of drug-likeness (QED) is 0.588. The molecule has 1 rings (SSSR count). The van der Waals surface area contributed by atoms with Gasteiger partial charge in [0.1, 0.15) is 0 Å². The summed E-state index contributed by atoms with van der Waals surface area (Å²) >= 11 is -2.20. The van der Waals surface area contributed by atoms with E-state index in [-0.39, 0.29) is 17.5 Å². The molecule has 1 N–H and O–H groups in total. The number of esters is 1. The van der Waals surface area contributed by atoms with Gasteiger partial charge in [-0.25, -0.2) is 9.00 Å². The van der Waals surface area contributed by atoms with Gasteiger partial charge in [0.25, 0.3) is 0 Å². The smallest absolute Gasteiger partial charge is 0.374 e. The largest absolute Gasteiger partial charge is 0.460 e. The Kier molecular flexibility index (Phi) is 3.21. The molecule has 1 aromatic rings. The van der Waals surface area contributed by atoms with Crippen LogP contribution in [-0.2, 0) is 15.8 Å². The van der Waals surface area contributed by atoms with Gasteiger partial charge in [0.15, 0.2) is 0 Å². The highest BCUT2D eigenvalue weighted by atomic mass is 32.2. The number of furan rings is 1. The molecule has 0 fully saturated rings. The second-order valence-corrected chi connectivity index (χ2v) is 2.99. The summed E-state index contributed by atoms with van der Waals surface area (Å²) in [4.78, 5) is 11.0. The fourth-order valence-electron chi connectivity index (χ4n) is 0.726. The maximum atomic E-state index is 11.0. The zero-order valence-corrected chi connectivity index (χ0v) is 7.67. The fraction of sp³-hybridized carbons (Fsp3) is 0.286. The van der Waals surface area contributed by atoms with E-state index in [2.05, 4.69) is 4.74 Å². The van der Waals surface area contributed by atoms with Crippen molar-refractivity contribution in [2.24, 2.45) is 0 Å². The SMILES string of the molecule is CCOC(=O)c1ccc(S(=O)O)o1. The number of hydrogen-bond donors (Lipinski definition) is 1. The van der Waals surface area contributed by atoms with E-state index >= 15 is 0 Å². The van der Waals surface area contributed by atoms with Crippen molar-refractivity contribution in [2.45, 2.75) is 12.0 Å². The minimum atomic E-state index is -2.20. The summed E-state index contributed by atoms with van der Waals surface area (Å²) in [5, 5.41) is -0.164. The number of carbonyl (C=O) groups is 1. The number of hydrogen-bond acceptors (Lipinski definition) is 4. The van der Waals surface area contributed by atoms with E-state index in [0.717, 1.165) is 0 Å². The van der Waals surface area contributed by atoms with Crippen molar-refractivity contribution in [3.63, 3.8) is 0 Å². The summed E-state index contributed by atoms with van der Waals surface area (Å²) < 4.78 is 28.4. The number of carbonyl (C=O) groups excluding carboxylic acids is 1. The van der Waals surface area contributed by atoms with Crippen LogP contribution in [0.25, 0.3) is 0 Å². The van der Waals surface area contributed by atoms with E-state index < -0.39 is 17.0 Å². The van der Waals surface area contributed by atoms with E-state index in [1.54, 1.807) is 6.92 Å². The van der Waals surface area contributed by atoms with Gasteiger partial charge >= 0.3 is 5.97 Å². The molecule has 0 amide bonds. The van der Waals surface area contributed by atoms with Crippen LogP contribution in [0, 0.1) is 0 Å². The molecule has 0 radical (unpaired) electrons. The summed E-state index contributed by atoms with van der Waals surface area (Å²) in [6.45, 7) is 1.89. The van der Waals surface area contributed by atoms with Crippen LogP contribution >= 0.6 is 0 Å². The number of rotatable bonds is 3. The molecule has 0 saturated carbocycles. The predicted octanol–water partition coefficient (Wildman–Crippen LogP) is 1.04. The minimum absolute atomic E-state index is 0.0701. The molecule has 1 heterocycles. The lowest BCUT2D eigenvalue weighted by molar-refractivity contribution is 0.0484. The Morgan fingerprint density at radius 3 is 2.85 bits per heavy atom. The van der Waals surface area contributed by atoms with Crippen LogP contribution < -0.4 is 0 Å². The van der Waals surface area contributed by atoms with Gasteiger partial charge in [0, 0.05) is 0 Å². The van der Waals surface area contributed by atoms with Gasteiger partial charge in [-0.05, 0) is 19.1 Å². The lowest BCUT2D eigenvalue weighted by Crippen LogP contribution is -2.02. The summed E-state index contributed by atoms with van der Waals surface area (Å²) in [6.07, 6.45) is 0. The fourth-order valence-corrected chi connectivity index (χ4v) is 1.07. The first kappa shape index (κ1) is 9.94. The summed E-state index contributed by atoms with van der Waals surface area (Å²) in [7, 11) is 0. The molecule has 6 heteroatoms. The molecular weight excluding hydrogens is 196 g/mol. The highest BCUT2D eigenvalue weighted by Gasteiger charge is 2.13. The lowest BCUT2D eigenvalue weighted by atomic mass is 10.5. The molecule has 0 aliphatic rings. The van der Waals surface area contributed by atoms with Crippen molar-refractivity contribution in [2.75, 3.05) is 6.61 Å². The van der Waals surface area contributed by atoms with E-state index in [4.69, 9.17) is 8.97 Å². The Morgan fingerprint density at radius 1 is 1.69 bits per heavy atom. The Morgan fingerprint density at radius 2 is 2.38 bits per heavy atom. The van der Waals surface area contributed by atoms with Crippen LogP contribution in [0.1, 0.15) is 17.5 Å². The van der Waals surface area contributed by atoms with Gasteiger partial charge in [0.2, 0.25) is 21.9 Å². The first-order chi connectivity index (χ1) is 6.15. The van der Waals surface area contributed by atoms with E-state index in [9.17, 15) is 9.00 Å². The van der Waals surface area contributed by atoms with Crippen LogP contribution in [0.2, 0.25) is 0 Å². The topological polar surface area (TPSA) is 76.7 Å². The second-order valence-electron chi connectivity index (χ2n) is 2.09. The van der Waals surface area contributed by atoms with Crippen molar-refractivity contribution in [3.8, 4) is 0 Å². The molecule has 0 spiro atoms. The summed E-state index contributed by atoms with van der Waals surface area (Å²) in [5.41, 5.74) is 0. The van der Waals surface area contributed by atoms with Crippen LogP contribution in [0.3, 0.4) is 0 Å². The lowest BCUT2D eigenvalue weighted by Gasteiger charge is -1.95. The predicted molar refractivity (Wildman–Crippen MR) is 43.7 cm³/mol. The van der Waals surface area contributed by atoms with E-state index in [0.29, 0.717) is 0 Å². The van der Waals surface area contributed by atoms with E-state index in [1.165, 1.54) is 12.1 Å². The monoisotopic (exact) mass is 204 g/mol. The highest BCUT2D eigenvalue weighted by molar-refractivity contribution is 7.79. The van der Waals surface area contributed by atoms with Gasteiger partial charge < -0.3 is 9.15 Å². The highest BCUT2D eigenvalue weighted by Crippen LogP contribution is 2.11. The third kappa shape index (κ3) is 2.40. The summed E-state index contributed by atoms with van der Waals surface area (Å²) in [6, 6.07) is 2.55. The zero-order valence-electron chi connectivity index (χ0n) is 6.85. The minimum Gasteiger partial charge on any atom is -0.460 e. The molecule has 5 nitrogen and oxygen atoms in total. The number of ether oxygens (including phenoxy) is 1. The van der Waals surface area contributed by atoms with E-state index in [1.807, 2.05) is 0 Å². The molecule has 1 atom stereocenters. The van der Waals surface area contributed by atoms with Gasteiger partial charge in [-0.3, -0.25) is 4.55 Å². The molecule has 0 saturated heterocycles. The maximum Gasteiger partial charge on any atom is 0.374 e. The third-order valence-electron chi connectivity index (χ3n) is 1.23. The molecular formula is C7H8O5S. The van der Waals surface area contributed by atoms with Crippen molar-refractivity contribution in [3.05, 3.63) is 17.9 Å². The van der Waals surface area contributed by atoms with Crippen LogP contribution in [0.4, 0.5) is 0 Å². The first-order valence-electron chi connectivity index (χ1n) is 3.53. The second kappa shape index (κ2) is 4.20. The molecule has 0 bridgehead atoms. The Labute approximate surface area is 77.0 Å². The van der Waals surface area contributed by atoms with Gasteiger partial charge in [-0.15, -0.1) is 0 Å². The molecule has 13 heavy (non-hydrogen) atoms. The van der Waals surface area contributed by atoms with Crippen molar-refractivity contribution < 1.29 is 22.7 Å². The summed E-state index contributed by atoms with van der Waals surface area (Å²) in [5.74, 6) is -0.710. The molecule has 1 aromatic heterocycles. The van der Waals surface area contributed by atoms with Gasteiger partial charge in [-0.2, -0.15) is 0 Å². The van der Waals surface area contributed by atoms with Crippen molar-refractivity contribution in [1.29, 1.82) is 0 Å². The standard InChI is InChI=1S/C7H8O5S/c1-2-11-7(8)5-3-4-6(12-5)13(9)10/h3-4H,2H2,1H3,(H,9,10). The average Bonchev–Trinajstić information content (AvgIpc) is 2.52. The molecule has 0 aliphatic carbocycles. The molecule has 0 aliphatic heterocycles. The third-order valence-corrected chi connectivity index (χ3v) is 1.79. The van der Waals surface area contributed by atoms with Gasteiger partial charge in [0.05, 0.1) is 6.61 Å². The maximum absolute atomic E-state index is 11.0. The zero-order chi connectivity index (χ0) is 9.84. The molecule has 0 aromatic carbocycles. The molecule has 72 valence electrons. The van der Waals surface area contributed by atoms with Crippen LogP contribution in [0.5, 0.6) is 0 Å². The first-order valence-corrected chi connectivity index (χ1v) is 4.63. The average molecular weight is 204 g/mol. The Bertz CT molecular complexity index is 329. The van der Waals surface area contributed by atoms with Crippen molar-refractivity contribution in [1.82, 2.24) is 0 Å². The normalized spacial score (nSPS) is 12.5. The van der Waals surface area contributed by atoms with Gasteiger partial charge in [-0.1, -0.05) is 0 Å². The van der Waals surface area contributed by atoms with Crippen LogP contribution in [-0.4, -0.2) is 21.3 Å². The van der Waals surface area contributed by atoms with Crippen molar-refractivity contribution >= 4 is 17.0 Å². The van der Waals surface area contributed by atoms with Crippen LogP contribution in [0.15, 0.2) is 21.6 Å². The Hall–Kier alpha value is -1.14. The molecule has 1 unspecified atom stereocenters. The Balaban J connectivity index is 2.79.